The van der Waals surface area contributed by atoms with Gasteiger partial charge in [0, 0.05) is 70.8 Å². The number of aryl methyl sites for hydroxylation is 8. The van der Waals surface area contributed by atoms with Crippen LogP contribution in [0.25, 0.3) is 22.3 Å². The first-order valence-electron chi connectivity index (χ1n) is 40.2. The first-order chi connectivity index (χ1) is 61.8. The summed E-state index contributed by atoms with van der Waals surface area (Å²) in [5, 5.41) is 89.0. The number of esters is 1. The van der Waals surface area contributed by atoms with Crippen molar-refractivity contribution in [2.45, 2.75) is 155 Å². The maximum absolute atomic E-state index is 12.5. The van der Waals surface area contributed by atoms with E-state index in [1.54, 1.807) is 100 Å². The number of hydrogen-bond donors (Lipinski definition) is 7. The number of carbonyl (C=O) groups excluding carboxylic acids is 5. The second-order valence-corrected chi connectivity index (χ2v) is 27.5. The molecule has 0 bridgehead atoms. The number of benzene rings is 2. The quantitative estimate of drug-likeness (QED) is 0.00912. The van der Waals surface area contributed by atoms with Crippen LogP contribution in [0.15, 0.2) is 159 Å². The molecule has 10 heterocycles. The van der Waals surface area contributed by atoms with Crippen LogP contribution in [0.3, 0.4) is 0 Å². The summed E-state index contributed by atoms with van der Waals surface area (Å²) in [6, 6.07) is 31.5. The van der Waals surface area contributed by atoms with Crippen LogP contribution in [0, 0.1) is 0 Å². The average molecular weight is 1790 g/mol. The second-order valence-electron chi connectivity index (χ2n) is 27.5. The van der Waals surface area contributed by atoms with Crippen LogP contribution >= 0.6 is 9.73 Å². The molecule has 2 aromatic carbocycles. The zero-order valence-electron chi connectivity index (χ0n) is 73.6. The van der Waals surface area contributed by atoms with Crippen LogP contribution in [0.5, 0.6) is 11.5 Å². The molecule has 0 fully saturated rings. The molecule has 10 N–H and O–H groups in total. The van der Waals surface area contributed by atoms with E-state index in [0.29, 0.717) is 83.7 Å². The van der Waals surface area contributed by atoms with E-state index < -0.39 is 53.1 Å². The van der Waals surface area contributed by atoms with Gasteiger partial charge in [-0.1, -0.05) is 45.1 Å². The number of aromatic nitrogens is 22. The van der Waals surface area contributed by atoms with E-state index in [0.717, 1.165) is 93.4 Å². The van der Waals surface area contributed by atoms with E-state index in [4.69, 9.17) is 32.3 Å². The zero-order valence-corrected chi connectivity index (χ0v) is 70.5. The number of aromatic carboxylic acids is 1. The van der Waals surface area contributed by atoms with Gasteiger partial charge >= 0.3 is 43.5 Å². The summed E-state index contributed by atoms with van der Waals surface area (Å²) in [7, 11) is 0.223. The van der Waals surface area contributed by atoms with Gasteiger partial charge < -0.3 is 62.4 Å². The molecule has 10 aromatic heterocycles. The molecule has 0 aliphatic carbocycles. The van der Waals surface area contributed by atoms with Crippen molar-refractivity contribution >= 4 is 68.6 Å². The Kier molecular flexibility index (Phi) is 40.1. The number of nitrogens with zero attached hydrogens (tertiary/aromatic N) is 22. The maximum atomic E-state index is 12.5. The third-order valence-corrected chi connectivity index (χ3v) is 16.5. The van der Waals surface area contributed by atoms with Crippen LogP contribution in [-0.4, -0.2) is 195 Å². The van der Waals surface area contributed by atoms with Crippen molar-refractivity contribution in [1.29, 1.82) is 3.84 Å². The van der Waals surface area contributed by atoms with E-state index in [2.05, 4.69) is 117 Å². The minimum absolute atomic E-state index is 0. The number of pyridine rings is 2. The number of nitrogens with one attached hydrogen (secondary N) is 3. The van der Waals surface area contributed by atoms with E-state index in [1.165, 1.54) is 72.8 Å². The van der Waals surface area contributed by atoms with Gasteiger partial charge in [-0.2, -0.15) is 30.1 Å². The number of aliphatic carboxylic acids is 1. The third-order valence-electron chi connectivity index (χ3n) is 16.5. The Bertz CT molecular complexity index is 5480. The van der Waals surface area contributed by atoms with Crippen LogP contribution < -0.4 is 66.6 Å². The predicted octanol–water partition coefficient (Wildman–Crippen LogP) is 5.21. The molecule has 12 aromatic rings. The van der Waals surface area contributed by atoms with Gasteiger partial charge in [0.2, 0.25) is 5.91 Å². The Morgan fingerprint density at radius 2 is 0.827 bits per heavy atom. The zero-order chi connectivity index (χ0) is 95.2. The number of unbranched alkanes of at least 4 members (excludes halogenated alkanes) is 4. The summed E-state index contributed by atoms with van der Waals surface area (Å²) in [6.45, 7) is 8.07. The topological polar surface area (TPSA) is 539 Å². The number of carboxylic acid groups (broad SMARTS) is 2. The number of carboxylic acids is 2. The summed E-state index contributed by atoms with van der Waals surface area (Å²) in [5.41, 5.74) is 22.9. The van der Waals surface area contributed by atoms with E-state index in [-0.39, 0.29) is 89.5 Å². The van der Waals surface area contributed by atoms with Gasteiger partial charge in [-0.05, 0) is 217 Å². The van der Waals surface area contributed by atoms with Crippen molar-refractivity contribution in [3.8, 4) is 33.8 Å². The van der Waals surface area contributed by atoms with Gasteiger partial charge in [0.05, 0.1) is 72.0 Å². The molecule has 0 unspecified atom stereocenters. The fraction of sp³-hybridized carbons (Fsp3) is 0.342. The molecule has 127 heavy (non-hydrogen) atoms. The van der Waals surface area contributed by atoms with E-state index >= 15 is 0 Å². The average Bonchev–Trinajstić information content (AvgIpc) is 1.79. The molecule has 0 aliphatic heterocycles. The fourth-order valence-electron chi connectivity index (χ4n) is 10.8. The van der Waals surface area contributed by atoms with Gasteiger partial charge in [-0.3, -0.25) is 47.5 Å². The number of ether oxygens (including phenoxy) is 3. The fourth-order valence-corrected chi connectivity index (χ4v) is 10.8. The van der Waals surface area contributed by atoms with Crippen LogP contribution in [-0.2, 0) is 79.0 Å². The predicted molar refractivity (Wildman–Crippen MR) is 444 cm³/mol. The number of carbonyl (C=O) groups is 6. The van der Waals surface area contributed by atoms with Gasteiger partial charge in [0.1, 0.15) is 34.6 Å². The van der Waals surface area contributed by atoms with Crippen molar-refractivity contribution < 1.29 is 104 Å². The number of amides is 3. The largest absolute Gasteiger partial charge is 1.00 e. The van der Waals surface area contributed by atoms with Crippen molar-refractivity contribution in [3.05, 3.63) is 215 Å². The summed E-state index contributed by atoms with van der Waals surface area (Å²) in [4.78, 5) is 76.4. The maximum Gasteiger partial charge on any atom is 1.00 e. The molecule has 0 radical (unpaired) electrons. The molecule has 48 heteroatoms. The van der Waals surface area contributed by atoms with Crippen molar-refractivity contribution in [3.63, 3.8) is 0 Å². The van der Waals surface area contributed by atoms with Gasteiger partial charge in [-0.25, -0.2) is 9.59 Å². The molecule has 0 aliphatic rings. The molecule has 0 spiro atoms. The molecular formula is C79H93F7LiN28O11P. The molecule has 0 saturated carbocycles. The minimum atomic E-state index is -4.79. The summed E-state index contributed by atoms with van der Waals surface area (Å²) in [5.74, 6) is -2.84. The Morgan fingerprint density at radius 3 is 1.16 bits per heavy atom. The third kappa shape index (κ3) is 39.6. The molecule has 0 atom stereocenters. The smallest absolute Gasteiger partial charge is 0.550 e. The van der Waals surface area contributed by atoms with Gasteiger partial charge in [0.25, 0.3) is 11.8 Å². The summed E-state index contributed by atoms with van der Waals surface area (Å²) < 4.78 is 127. The Balaban J connectivity index is 0.000000293. The summed E-state index contributed by atoms with van der Waals surface area (Å²) >= 11 is 0. The Hall–Kier alpha value is -14.0. The van der Waals surface area contributed by atoms with Crippen molar-refractivity contribution in [2.75, 3.05) is 43.8 Å². The monoisotopic (exact) mass is 1790 g/mol. The molecule has 0 saturated heterocycles. The molecule has 670 valence electrons. The van der Waals surface area contributed by atoms with Gasteiger partial charge in [0.15, 0.2) is 28.6 Å². The number of nitrogen functional groups attached to an aromatic ring is 3. The number of halogens is 7. The Morgan fingerprint density at radius 1 is 0.480 bits per heavy atom. The first kappa shape index (κ1) is 96.8. The second kappa shape index (κ2) is 52.6. The normalized spacial score (nSPS) is 11.1. The number of anilines is 4. The van der Waals surface area contributed by atoms with Gasteiger partial charge in [-0.15, -0.1) is 67.1 Å². The van der Waals surface area contributed by atoms with Crippen LogP contribution in [0.4, 0.5) is 54.0 Å². The number of rotatable bonds is 33. The van der Waals surface area contributed by atoms with E-state index in [1.807, 2.05) is 39.0 Å². The molecule has 12 rings (SSSR count). The summed E-state index contributed by atoms with van der Waals surface area (Å²) in [6.07, 6.45) is 9.31. The van der Waals surface area contributed by atoms with Crippen molar-refractivity contribution in [2.24, 2.45) is 0 Å². The Labute approximate surface area is 742 Å². The standard InChI is InChI=1S/C26H25F3N8O3.C15H22N6O2.C14H10F3NO3.C12H17N7O.C11H14N6O2.CH3F.Li.H3P/c1-30-25(39)22-16-37(36-34-22)12-3-2-6-19-8-9-23(35-33-19)32-24(38)15-20-13-18(10-11-31-20)17-5-4-7-21(14-17)40-26(27,28)29;1-15(2,3)23-14(22)12-10-21(20-18-12)9-5-4-6-11-7-8-13(16)19-17-11;15-14(16,17)21-12-3-1-2-9(7-12)10-4-5-18-11(6-10)8-13(19)20;1-14-12(20)10-8-19(18-16-10)7-3-2-4-9-5-6-11(13)17-15-9;12-10-5-4-8(13-15-10)3-1-2-6-17-7-9(11(18)19)14-16-17;1-2;;/h4-5,7-11,13-14,16H,2-3,6,12,15H2,1H3,(H,30,39)(H,32,35,38);7-8,10H,4-6,9H2,1-3H3,(H2,16,19);1-7H,8H2,(H,19,20);5-6,8H,2-4,7H2,1H3,(H2,13,17)(H,14,20);4-5,7H,1-3,6H2,(H2,12,15)(H,18,19);1H3;;1H3/q;;;;;;+1;/p-1/i;;;;;1D;;1T3. The SMILES string of the molecule is CC(C)(C)OC(=O)c1cn(CCCCc2ccc(N)nn2)nn1.CNC(=O)c1cn(CCCCc2ccc(N)nn2)nn1.CNC(=O)c1cn(CCCCc2ccc(NC(=O)Cc3cc(-c4cccc(OC(F)(F)F)c4)ccn3)nn2)nn1.Nc1ccc(CCCCn2cc(C(=O)O)nn2)nn1.O=C([O-])Cc1cc(-c2cccc(OC(F)(F)F)c2)ccn1.[2H]CF.[3H]P([3H])[3H].[Li+]. The van der Waals surface area contributed by atoms with Crippen LogP contribution in [0.2, 0.25) is 0 Å². The first-order valence-corrected chi connectivity index (χ1v) is 38.2. The van der Waals surface area contributed by atoms with Crippen LogP contribution in [0.1, 0.15) is 150 Å². The number of alkyl halides is 7. The number of hydrogen-bond acceptors (Lipinski definition) is 31. The van der Waals surface area contributed by atoms with Crippen molar-refractivity contribution in [1.82, 2.24) is 121 Å². The molecular weight excluding hydrogens is 1690 g/mol. The molecule has 3 amide bonds. The molecule has 39 nitrogen and oxygen atoms in total. The number of nitrogens with two attached hydrogens (primary N) is 3. The van der Waals surface area contributed by atoms with E-state index in [9.17, 15) is 64.6 Å². The minimum Gasteiger partial charge on any atom is -0.550 e.